The third kappa shape index (κ3) is 4.69. The predicted molar refractivity (Wildman–Crippen MR) is 85.0 cm³/mol. The van der Waals surface area contributed by atoms with Crippen molar-refractivity contribution in [3.05, 3.63) is 29.0 Å². The second kappa shape index (κ2) is 6.64. The van der Waals surface area contributed by atoms with Gasteiger partial charge in [-0.3, -0.25) is 4.79 Å². The second-order valence-electron chi connectivity index (χ2n) is 5.01. The lowest BCUT2D eigenvalue weighted by atomic mass is 10.3. The first kappa shape index (κ1) is 16.7. The molecule has 0 bridgehead atoms. The Balaban J connectivity index is 1.94. The topological polar surface area (TPSA) is 95.2 Å². The number of benzene rings is 1. The van der Waals surface area contributed by atoms with Crippen molar-refractivity contribution in [2.24, 2.45) is 0 Å². The molecule has 1 heterocycles. The van der Waals surface area contributed by atoms with Crippen LogP contribution >= 0.6 is 11.6 Å². The molecule has 9 heteroatoms. The van der Waals surface area contributed by atoms with Crippen molar-refractivity contribution in [2.75, 3.05) is 19.8 Å². The first-order chi connectivity index (χ1) is 10.2. The molecule has 0 atom stereocenters. The number of H-pyrrole nitrogens is 1. The van der Waals surface area contributed by atoms with Crippen LogP contribution in [0, 0.1) is 0 Å². The summed E-state index contributed by atoms with van der Waals surface area (Å²) >= 11 is 5.91. The maximum Gasteiger partial charge on any atom is 0.224 e. The number of fused-ring (bicyclic) bond motifs is 1. The van der Waals surface area contributed by atoms with E-state index in [-0.39, 0.29) is 18.9 Å². The molecule has 0 aliphatic carbocycles. The number of hydrogen-bond donors (Lipinski definition) is 2. The third-order valence-corrected chi connectivity index (χ3v) is 3.97. The van der Waals surface area contributed by atoms with Crippen molar-refractivity contribution in [1.82, 2.24) is 19.6 Å². The highest BCUT2D eigenvalue weighted by atomic mass is 35.5. The molecule has 0 saturated heterocycles. The minimum absolute atomic E-state index is 0.0811. The van der Waals surface area contributed by atoms with Crippen LogP contribution in [0.3, 0.4) is 0 Å². The normalized spacial score (nSPS) is 11.8. The molecule has 2 rings (SSSR count). The lowest BCUT2D eigenvalue weighted by Gasteiger charge is -2.15. The number of nitrogens with one attached hydrogen (secondary N) is 2. The van der Waals surface area contributed by atoms with Gasteiger partial charge in [-0.25, -0.2) is 18.1 Å². The number of aromatic nitrogens is 2. The fraction of sp³-hybridized carbons (Fsp3) is 0.385. The standard InChI is InChI=1S/C13H17ClN4O3S/c1-18(13(19)5-6-15-22(2,20)21)8-12-16-10-4-3-9(14)7-11(10)17-12/h3-4,7,15H,5-6,8H2,1-2H3,(H,16,17). The first-order valence-corrected chi connectivity index (χ1v) is 8.84. The fourth-order valence-corrected chi connectivity index (χ4v) is 2.60. The lowest BCUT2D eigenvalue weighted by molar-refractivity contribution is -0.130. The largest absolute Gasteiger partial charge is 0.340 e. The van der Waals surface area contributed by atoms with E-state index in [1.807, 2.05) is 0 Å². The molecule has 0 aliphatic heterocycles. The molecular weight excluding hydrogens is 328 g/mol. The zero-order valence-corrected chi connectivity index (χ0v) is 13.8. The Morgan fingerprint density at radius 1 is 1.45 bits per heavy atom. The number of hydrogen-bond acceptors (Lipinski definition) is 4. The lowest BCUT2D eigenvalue weighted by Crippen LogP contribution is -2.31. The van der Waals surface area contributed by atoms with Gasteiger partial charge in [-0.2, -0.15) is 0 Å². The third-order valence-electron chi connectivity index (χ3n) is 3.01. The van der Waals surface area contributed by atoms with Gasteiger partial charge in [0.15, 0.2) is 0 Å². The molecule has 1 aromatic carbocycles. The molecule has 120 valence electrons. The van der Waals surface area contributed by atoms with Crippen molar-refractivity contribution in [3.8, 4) is 0 Å². The quantitative estimate of drug-likeness (QED) is 0.820. The minimum Gasteiger partial charge on any atom is -0.340 e. The number of sulfonamides is 1. The molecular formula is C13H17ClN4O3S. The van der Waals surface area contributed by atoms with Crippen molar-refractivity contribution < 1.29 is 13.2 Å². The zero-order valence-electron chi connectivity index (χ0n) is 12.3. The second-order valence-corrected chi connectivity index (χ2v) is 7.28. The molecule has 1 aromatic heterocycles. The smallest absolute Gasteiger partial charge is 0.224 e. The number of aromatic amines is 1. The average Bonchev–Trinajstić information content (AvgIpc) is 2.78. The van der Waals surface area contributed by atoms with E-state index >= 15 is 0 Å². The molecule has 0 fully saturated rings. The highest BCUT2D eigenvalue weighted by Crippen LogP contribution is 2.17. The highest BCUT2D eigenvalue weighted by molar-refractivity contribution is 7.88. The van der Waals surface area contributed by atoms with E-state index in [0.29, 0.717) is 17.4 Å². The Kier molecular flexibility index (Phi) is 5.05. The van der Waals surface area contributed by atoms with Gasteiger partial charge in [0.25, 0.3) is 0 Å². The molecule has 1 amide bonds. The van der Waals surface area contributed by atoms with E-state index in [0.717, 1.165) is 17.3 Å². The minimum atomic E-state index is -3.28. The Hall–Kier alpha value is -1.64. The number of nitrogens with zero attached hydrogens (tertiary/aromatic N) is 2. The van der Waals surface area contributed by atoms with E-state index in [4.69, 9.17) is 11.6 Å². The summed E-state index contributed by atoms with van der Waals surface area (Å²) in [5.41, 5.74) is 1.58. The summed E-state index contributed by atoms with van der Waals surface area (Å²) in [6.45, 7) is 0.391. The summed E-state index contributed by atoms with van der Waals surface area (Å²) in [5.74, 6) is 0.471. The van der Waals surface area contributed by atoms with Gasteiger partial charge >= 0.3 is 0 Å². The summed E-state index contributed by atoms with van der Waals surface area (Å²) in [6.07, 6.45) is 1.15. The van der Waals surface area contributed by atoms with Crippen LogP contribution in [-0.2, 0) is 21.4 Å². The average molecular weight is 345 g/mol. The summed E-state index contributed by atoms with van der Waals surface area (Å²) in [7, 11) is -1.64. The van der Waals surface area contributed by atoms with Crippen molar-refractivity contribution >= 4 is 38.6 Å². The van der Waals surface area contributed by atoms with E-state index in [2.05, 4.69) is 14.7 Å². The van der Waals surface area contributed by atoms with Crippen molar-refractivity contribution in [3.63, 3.8) is 0 Å². The van der Waals surface area contributed by atoms with Crippen LogP contribution in [0.4, 0.5) is 0 Å². The number of halogens is 1. The van der Waals surface area contributed by atoms with Gasteiger partial charge in [-0.05, 0) is 18.2 Å². The molecule has 0 aliphatic rings. The maximum atomic E-state index is 11.9. The number of imidazole rings is 1. The van der Waals surface area contributed by atoms with Crippen LogP contribution in [0.15, 0.2) is 18.2 Å². The molecule has 0 radical (unpaired) electrons. The van der Waals surface area contributed by atoms with Gasteiger partial charge < -0.3 is 9.88 Å². The Morgan fingerprint density at radius 3 is 2.86 bits per heavy atom. The number of rotatable bonds is 6. The number of amides is 1. The monoisotopic (exact) mass is 344 g/mol. The molecule has 2 N–H and O–H groups in total. The van der Waals surface area contributed by atoms with Crippen LogP contribution in [-0.4, -0.2) is 49.0 Å². The van der Waals surface area contributed by atoms with Gasteiger partial charge in [0, 0.05) is 25.0 Å². The van der Waals surface area contributed by atoms with Gasteiger partial charge in [-0.15, -0.1) is 0 Å². The molecule has 22 heavy (non-hydrogen) atoms. The van der Waals surface area contributed by atoms with E-state index in [1.54, 1.807) is 25.2 Å². The Morgan fingerprint density at radius 2 is 2.18 bits per heavy atom. The van der Waals surface area contributed by atoms with Gasteiger partial charge in [0.1, 0.15) is 5.82 Å². The zero-order chi connectivity index (χ0) is 16.3. The van der Waals surface area contributed by atoms with E-state index in [9.17, 15) is 13.2 Å². The van der Waals surface area contributed by atoms with Crippen LogP contribution in [0.25, 0.3) is 11.0 Å². The first-order valence-electron chi connectivity index (χ1n) is 6.57. The fourth-order valence-electron chi connectivity index (χ4n) is 1.96. The summed E-state index contributed by atoms with van der Waals surface area (Å²) in [4.78, 5) is 20.9. The van der Waals surface area contributed by atoms with E-state index in [1.165, 1.54) is 4.90 Å². The van der Waals surface area contributed by atoms with Gasteiger partial charge in [-0.1, -0.05) is 11.6 Å². The summed E-state index contributed by atoms with van der Waals surface area (Å²) in [6, 6.07) is 5.32. The molecule has 2 aromatic rings. The summed E-state index contributed by atoms with van der Waals surface area (Å²) < 4.78 is 24.2. The van der Waals surface area contributed by atoms with Crippen LogP contribution in [0.5, 0.6) is 0 Å². The maximum absolute atomic E-state index is 11.9. The van der Waals surface area contributed by atoms with Gasteiger partial charge in [0.05, 0.1) is 23.8 Å². The van der Waals surface area contributed by atoms with Crippen LogP contribution in [0.2, 0.25) is 5.02 Å². The Bertz CT molecular complexity index is 788. The van der Waals surface area contributed by atoms with E-state index < -0.39 is 10.0 Å². The molecule has 7 nitrogen and oxygen atoms in total. The van der Waals surface area contributed by atoms with Crippen molar-refractivity contribution in [2.45, 2.75) is 13.0 Å². The number of carbonyl (C=O) groups excluding carboxylic acids is 1. The molecule has 0 saturated carbocycles. The number of carbonyl (C=O) groups is 1. The Labute approximate surface area is 133 Å². The predicted octanol–water partition coefficient (Wildman–Crippen LogP) is 1.11. The van der Waals surface area contributed by atoms with Gasteiger partial charge in [0.2, 0.25) is 15.9 Å². The molecule has 0 spiro atoms. The molecule has 0 unspecified atom stereocenters. The highest BCUT2D eigenvalue weighted by Gasteiger charge is 2.12. The van der Waals surface area contributed by atoms with Crippen LogP contribution in [0.1, 0.15) is 12.2 Å². The van der Waals surface area contributed by atoms with Crippen molar-refractivity contribution in [1.29, 1.82) is 0 Å². The van der Waals surface area contributed by atoms with Crippen LogP contribution < -0.4 is 4.72 Å². The SMILES string of the molecule is CN(Cc1nc2ccc(Cl)cc2[nH]1)C(=O)CCNS(C)(=O)=O. The summed E-state index contributed by atoms with van der Waals surface area (Å²) in [5, 5.41) is 0.610.